The maximum atomic E-state index is 12.7. The van der Waals surface area contributed by atoms with Crippen LogP contribution in [0.25, 0.3) is 0 Å². The van der Waals surface area contributed by atoms with Crippen molar-refractivity contribution < 1.29 is 9.50 Å². The lowest BCUT2D eigenvalue weighted by Gasteiger charge is -1.99. The van der Waals surface area contributed by atoms with Crippen LogP contribution in [0.1, 0.15) is 5.56 Å². The largest absolute Gasteiger partial charge is 0.396 e. The standard InChI is InChI=1S/C7H8FNO/c8-7-5(4-10)2-1-3-6(7)9/h1-3,10H,4,9H2. The number of nitrogens with two attached hydrogens (primary N) is 1. The highest BCUT2D eigenvalue weighted by atomic mass is 19.1. The summed E-state index contributed by atoms with van der Waals surface area (Å²) in [5.74, 6) is -0.523. The van der Waals surface area contributed by atoms with Crippen molar-refractivity contribution in [1.29, 1.82) is 0 Å². The van der Waals surface area contributed by atoms with Gasteiger partial charge in [-0.25, -0.2) is 4.39 Å². The highest BCUT2D eigenvalue weighted by Crippen LogP contribution is 2.13. The Balaban J connectivity index is 3.14. The summed E-state index contributed by atoms with van der Waals surface area (Å²) in [7, 11) is 0. The van der Waals surface area contributed by atoms with Crippen LogP contribution in [0.15, 0.2) is 18.2 Å². The predicted molar refractivity (Wildman–Crippen MR) is 36.7 cm³/mol. The van der Waals surface area contributed by atoms with Crippen LogP contribution < -0.4 is 5.73 Å². The number of hydrogen-bond acceptors (Lipinski definition) is 2. The average Bonchev–Trinajstić information content (AvgIpc) is 1.95. The van der Waals surface area contributed by atoms with Crippen molar-refractivity contribution in [2.75, 3.05) is 5.73 Å². The van der Waals surface area contributed by atoms with Crippen molar-refractivity contribution in [2.45, 2.75) is 6.61 Å². The number of aliphatic hydroxyl groups excluding tert-OH is 1. The molecule has 0 heterocycles. The Hall–Kier alpha value is -1.09. The lowest BCUT2D eigenvalue weighted by Crippen LogP contribution is -1.95. The molecule has 0 unspecified atom stereocenters. The van der Waals surface area contributed by atoms with E-state index in [9.17, 15) is 4.39 Å². The highest BCUT2D eigenvalue weighted by molar-refractivity contribution is 5.42. The molecule has 0 aliphatic rings. The van der Waals surface area contributed by atoms with E-state index in [2.05, 4.69) is 0 Å². The van der Waals surface area contributed by atoms with Gasteiger partial charge in [-0.15, -0.1) is 0 Å². The summed E-state index contributed by atoms with van der Waals surface area (Å²) in [6, 6.07) is 4.55. The summed E-state index contributed by atoms with van der Waals surface area (Å²) >= 11 is 0. The monoisotopic (exact) mass is 141 g/mol. The van der Waals surface area contributed by atoms with Crippen molar-refractivity contribution in [3.05, 3.63) is 29.6 Å². The van der Waals surface area contributed by atoms with E-state index in [1.165, 1.54) is 12.1 Å². The van der Waals surface area contributed by atoms with Gasteiger partial charge in [-0.1, -0.05) is 12.1 Å². The normalized spacial score (nSPS) is 9.80. The zero-order valence-corrected chi connectivity index (χ0v) is 5.34. The molecule has 1 aromatic rings. The van der Waals surface area contributed by atoms with Gasteiger partial charge in [0.2, 0.25) is 0 Å². The van der Waals surface area contributed by atoms with Gasteiger partial charge >= 0.3 is 0 Å². The van der Waals surface area contributed by atoms with Crippen LogP contribution in [0.5, 0.6) is 0 Å². The van der Waals surface area contributed by atoms with Gasteiger partial charge in [-0.05, 0) is 6.07 Å². The topological polar surface area (TPSA) is 46.2 Å². The Morgan fingerprint density at radius 1 is 1.50 bits per heavy atom. The minimum atomic E-state index is -0.523. The van der Waals surface area contributed by atoms with E-state index in [1.54, 1.807) is 6.07 Å². The van der Waals surface area contributed by atoms with Crippen molar-refractivity contribution in [3.63, 3.8) is 0 Å². The Kier molecular flexibility index (Phi) is 1.87. The van der Waals surface area contributed by atoms with Crippen LogP contribution in [-0.2, 0) is 6.61 Å². The molecule has 10 heavy (non-hydrogen) atoms. The van der Waals surface area contributed by atoms with Crippen molar-refractivity contribution >= 4 is 5.69 Å². The fourth-order valence-electron chi connectivity index (χ4n) is 0.722. The van der Waals surface area contributed by atoms with Crippen molar-refractivity contribution in [1.82, 2.24) is 0 Å². The van der Waals surface area contributed by atoms with Gasteiger partial charge in [0, 0.05) is 5.56 Å². The lowest BCUT2D eigenvalue weighted by atomic mass is 10.2. The average molecular weight is 141 g/mol. The van der Waals surface area contributed by atoms with Crippen LogP contribution in [0.4, 0.5) is 10.1 Å². The maximum absolute atomic E-state index is 12.7. The molecule has 54 valence electrons. The van der Waals surface area contributed by atoms with E-state index < -0.39 is 5.82 Å². The summed E-state index contributed by atoms with van der Waals surface area (Å²) < 4.78 is 12.7. The number of benzene rings is 1. The molecule has 0 saturated heterocycles. The zero-order chi connectivity index (χ0) is 7.56. The van der Waals surface area contributed by atoms with E-state index in [4.69, 9.17) is 10.8 Å². The van der Waals surface area contributed by atoms with Gasteiger partial charge < -0.3 is 10.8 Å². The molecule has 3 heteroatoms. The third-order valence-corrected chi connectivity index (χ3v) is 1.28. The van der Waals surface area contributed by atoms with Crippen molar-refractivity contribution in [2.24, 2.45) is 0 Å². The van der Waals surface area contributed by atoms with E-state index >= 15 is 0 Å². The van der Waals surface area contributed by atoms with E-state index in [0.717, 1.165) is 0 Å². The summed E-state index contributed by atoms with van der Waals surface area (Å²) in [6.45, 7) is -0.309. The second kappa shape index (κ2) is 2.66. The molecule has 1 rings (SSSR count). The third-order valence-electron chi connectivity index (χ3n) is 1.28. The summed E-state index contributed by atoms with van der Waals surface area (Å²) in [4.78, 5) is 0. The third kappa shape index (κ3) is 1.09. The molecule has 3 N–H and O–H groups in total. The van der Waals surface area contributed by atoms with Crippen LogP contribution in [0, 0.1) is 5.82 Å². The maximum Gasteiger partial charge on any atom is 0.151 e. The summed E-state index contributed by atoms with van der Waals surface area (Å²) in [5.41, 5.74) is 5.52. The molecule has 2 nitrogen and oxygen atoms in total. The smallest absolute Gasteiger partial charge is 0.151 e. The molecular formula is C7H8FNO. The molecule has 0 atom stereocenters. The Morgan fingerprint density at radius 3 is 2.70 bits per heavy atom. The molecule has 1 aromatic carbocycles. The van der Waals surface area contributed by atoms with Gasteiger partial charge in [0.25, 0.3) is 0 Å². The molecule has 0 saturated carbocycles. The van der Waals surface area contributed by atoms with Crippen LogP contribution in [0.2, 0.25) is 0 Å². The number of rotatable bonds is 1. The molecular weight excluding hydrogens is 133 g/mol. The molecule has 0 spiro atoms. The first kappa shape index (κ1) is 7.02. The Morgan fingerprint density at radius 2 is 2.20 bits per heavy atom. The molecule has 0 fully saturated rings. The first-order chi connectivity index (χ1) is 4.75. The van der Waals surface area contributed by atoms with E-state index in [1.807, 2.05) is 0 Å². The van der Waals surface area contributed by atoms with Gasteiger partial charge in [-0.3, -0.25) is 0 Å². The summed E-state index contributed by atoms with van der Waals surface area (Å²) in [6.07, 6.45) is 0. The predicted octanol–water partition coefficient (Wildman–Crippen LogP) is 0.900. The lowest BCUT2D eigenvalue weighted by molar-refractivity contribution is 0.276. The number of nitrogen functional groups attached to an aromatic ring is 1. The second-order valence-corrected chi connectivity index (χ2v) is 1.98. The SMILES string of the molecule is Nc1cccc(CO)c1F. The van der Waals surface area contributed by atoms with Crippen molar-refractivity contribution in [3.8, 4) is 0 Å². The van der Waals surface area contributed by atoms with E-state index in [-0.39, 0.29) is 17.9 Å². The summed E-state index contributed by atoms with van der Waals surface area (Å²) in [5, 5.41) is 8.55. The minimum absolute atomic E-state index is 0.0755. The number of anilines is 1. The molecule has 0 amide bonds. The second-order valence-electron chi connectivity index (χ2n) is 1.98. The number of hydrogen-bond donors (Lipinski definition) is 2. The van der Waals surface area contributed by atoms with Gasteiger partial charge in [0.05, 0.1) is 12.3 Å². The number of aliphatic hydroxyl groups is 1. The Bertz CT molecular complexity index is 237. The molecule has 0 aliphatic heterocycles. The molecule has 0 aromatic heterocycles. The molecule has 0 bridgehead atoms. The number of halogens is 1. The quantitative estimate of drug-likeness (QED) is 0.571. The van der Waals surface area contributed by atoms with Crippen LogP contribution in [0.3, 0.4) is 0 Å². The van der Waals surface area contributed by atoms with Crippen LogP contribution in [-0.4, -0.2) is 5.11 Å². The minimum Gasteiger partial charge on any atom is -0.396 e. The first-order valence-corrected chi connectivity index (χ1v) is 2.89. The molecule has 0 aliphatic carbocycles. The highest BCUT2D eigenvalue weighted by Gasteiger charge is 2.01. The fourth-order valence-corrected chi connectivity index (χ4v) is 0.722. The van der Waals surface area contributed by atoms with Gasteiger partial charge in [0.1, 0.15) is 0 Å². The van der Waals surface area contributed by atoms with Gasteiger partial charge in [0.15, 0.2) is 5.82 Å². The van der Waals surface area contributed by atoms with E-state index in [0.29, 0.717) is 0 Å². The van der Waals surface area contributed by atoms with Gasteiger partial charge in [-0.2, -0.15) is 0 Å². The van der Waals surface area contributed by atoms with Crippen LogP contribution >= 0.6 is 0 Å². The first-order valence-electron chi connectivity index (χ1n) is 2.89. The molecule has 0 radical (unpaired) electrons. The Labute approximate surface area is 58.1 Å². The fraction of sp³-hybridized carbons (Fsp3) is 0.143. The zero-order valence-electron chi connectivity index (χ0n) is 5.34.